The van der Waals surface area contributed by atoms with Crippen LogP contribution in [0.25, 0.3) is 10.9 Å². The number of rotatable bonds is 6. The first-order chi connectivity index (χ1) is 19.7. The molecule has 0 radical (unpaired) electrons. The zero-order chi connectivity index (χ0) is 28.7. The number of nitrogens with zero attached hydrogens (tertiary/aromatic N) is 4. The van der Waals surface area contributed by atoms with Crippen LogP contribution in [0.5, 0.6) is 0 Å². The summed E-state index contributed by atoms with van der Waals surface area (Å²) in [5.41, 5.74) is 4.55. The van der Waals surface area contributed by atoms with E-state index in [9.17, 15) is 23.1 Å². The molecule has 0 spiro atoms. The van der Waals surface area contributed by atoms with Crippen molar-refractivity contribution < 1.29 is 23.1 Å². The number of hydrogen-bond acceptors (Lipinski definition) is 5. The van der Waals surface area contributed by atoms with Gasteiger partial charge >= 0.3 is 6.09 Å². The molecule has 2 aliphatic heterocycles. The minimum Gasteiger partial charge on any atom is -0.465 e. The number of hydrogen-bond donors (Lipinski definition) is 1. The van der Waals surface area contributed by atoms with Crippen molar-refractivity contribution in [3.05, 3.63) is 95.2 Å². The van der Waals surface area contributed by atoms with Crippen LogP contribution in [-0.2, 0) is 34.2 Å². The fourth-order valence-corrected chi connectivity index (χ4v) is 7.44. The summed E-state index contributed by atoms with van der Waals surface area (Å²) >= 11 is 0. The van der Waals surface area contributed by atoms with E-state index >= 15 is 0 Å². The van der Waals surface area contributed by atoms with Crippen molar-refractivity contribution in [2.45, 2.75) is 31.2 Å². The molecule has 2 amide bonds. The number of amides is 2. The minimum atomic E-state index is -3.98. The maximum atomic E-state index is 14.0. The van der Waals surface area contributed by atoms with E-state index in [0.717, 1.165) is 18.5 Å². The van der Waals surface area contributed by atoms with Gasteiger partial charge in [-0.05, 0) is 43.2 Å². The van der Waals surface area contributed by atoms with Crippen molar-refractivity contribution >= 4 is 38.6 Å². The van der Waals surface area contributed by atoms with Crippen molar-refractivity contribution in [2.24, 2.45) is 0 Å². The maximum Gasteiger partial charge on any atom is 0.407 e. The monoisotopic (exact) mass is 572 g/mol. The highest BCUT2D eigenvalue weighted by Gasteiger charge is 2.33. The van der Waals surface area contributed by atoms with Crippen LogP contribution < -0.4 is 4.90 Å². The quantitative estimate of drug-likeness (QED) is 0.373. The molecule has 41 heavy (non-hydrogen) atoms. The molecule has 212 valence electrons. The van der Waals surface area contributed by atoms with Crippen LogP contribution in [-0.4, -0.2) is 72.0 Å². The Morgan fingerprint density at radius 1 is 0.927 bits per heavy atom. The summed E-state index contributed by atoms with van der Waals surface area (Å²) < 4.78 is 29.4. The zero-order valence-corrected chi connectivity index (χ0v) is 23.7. The van der Waals surface area contributed by atoms with Gasteiger partial charge in [0.05, 0.1) is 23.5 Å². The molecule has 0 atom stereocenters. The summed E-state index contributed by atoms with van der Waals surface area (Å²) in [4.78, 5) is 30.4. The van der Waals surface area contributed by atoms with Crippen LogP contribution in [0.15, 0.2) is 77.7 Å². The van der Waals surface area contributed by atoms with Gasteiger partial charge in [0.15, 0.2) is 0 Å². The van der Waals surface area contributed by atoms with Gasteiger partial charge in [0.1, 0.15) is 0 Å². The topological polar surface area (TPSA) is 103 Å². The fraction of sp³-hybridized carbons (Fsp3) is 0.290. The van der Waals surface area contributed by atoms with Crippen LogP contribution >= 0.6 is 0 Å². The molecule has 0 bridgehead atoms. The number of carbonyl (C=O) groups is 2. The number of benzene rings is 3. The Balaban J connectivity index is 1.35. The first-order valence-electron chi connectivity index (χ1n) is 13.8. The van der Waals surface area contributed by atoms with Crippen molar-refractivity contribution in [1.82, 2.24) is 13.8 Å². The van der Waals surface area contributed by atoms with E-state index in [-0.39, 0.29) is 36.9 Å². The Kier molecular flexibility index (Phi) is 7.04. The largest absolute Gasteiger partial charge is 0.465 e. The van der Waals surface area contributed by atoms with Gasteiger partial charge in [-0.3, -0.25) is 9.69 Å². The molecule has 10 heteroatoms. The molecule has 6 rings (SSSR count). The molecular weight excluding hydrogens is 540 g/mol. The number of carbonyl (C=O) groups excluding carboxylic acids is 1. The van der Waals surface area contributed by atoms with E-state index in [1.165, 1.54) is 14.4 Å². The second kappa shape index (κ2) is 10.7. The lowest BCUT2D eigenvalue weighted by Gasteiger charge is -2.34. The van der Waals surface area contributed by atoms with Gasteiger partial charge in [0.25, 0.3) is 10.0 Å². The number of aryl methyl sites for hydroxylation is 1. The van der Waals surface area contributed by atoms with Crippen molar-refractivity contribution in [1.29, 1.82) is 0 Å². The summed E-state index contributed by atoms with van der Waals surface area (Å²) in [6.07, 6.45) is 0.101. The Labute approximate surface area is 239 Å². The third-order valence-corrected chi connectivity index (χ3v) is 9.85. The predicted molar refractivity (Wildman–Crippen MR) is 157 cm³/mol. The highest BCUT2D eigenvalue weighted by Crippen LogP contribution is 2.36. The van der Waals surface area contributed by atoms with Crippen molar-refractivity contribution in [2.75, 3.05) is 37.6 Å². The number of aromatic nitrogens is 1. The highest BCUT2D eigenvalue weighted by molar-refractivity contribution is 7.90. The van der Waals surface area contributed by atoms with Crippen LogP contribution in [0.4, 0.5) is 10.5 Å². The summed E-state index contributed by atoms with van der Waals surface area (Å²) in [6.45, 7) is 4.49. The van der Waals surface area contributed by atoms with Crippen LogP contribution in [0, 0.1) is 6.92 Å². The highest BCUT2D eigenvalue weighted by atomic mass is 32.2. The molecule has 1 saturated heterocycles. The van der Waals surface area contributed by atoms with E-state index in [2.05, 4.69) is 17.0 Å². The molecule has 4 aromatic rings. The Morgan fingerprint density at radius 3 is 2.39 bits per heavy atom. The molecule has 0 saturated carbocycles. The van der Waals surface area contributed by atoms with Gasteiger partial charge in [0, 0.05) is 54.9 Å². The molecule has 3 aromatic carbocycles. The second-order valence-electron chi connectivity index (χ2n) is 10.7. The normalized spacial score (nSPS) is 16.3. The smallest absolute Gasteiger partial charge is 0.407 e. The molecule has 1 aromatic heterocycles. The van der Waals surface area contributed by atoms with Gasteiger partial charge in [-0.2, -0.15) is 0 Å². The maximum absolute atomic E-state index is 14.0. The first-order valence-corrected chi connectivity index (χ1v) is 15.2. The molecular formula is C31H32N4O5S. The number of anilines is 1. The Bertz CT molecular complexity index is 1730. The first kappa shape index (κ1) is 27.0. The lowest BCUT2D eigenvalue weighted by Crippen LogP contribution is -2.50. The average Bonchev–Trinajstić information content (AvgIpc) is 3.30. The summed E-state index contributed by atoms with van der Waals surface area (Å²) in [7, 11) is -3.98. The lowest BCUT2D eigenvalue weighted by atomic mass is 10.0. The third-order valence-electron chi connectivity index (χ3n) is 8.09. The SMILES string of the molecule is Cc1ccc(S(=O)(=O)n2c3c(c4ccc(N5CCN(CCc6ccccc6)CC5=O)cc42)CN(C(=O)O)CC3)cc1. The van der Waals surface area contributed by atoms with E-state index in [1.807, 2.05) is 37.3 Å². The van der Waals surface area contributed by atoms with Gasteiger partial charge in [-0.15, -0.1) is 0 Å². The molecule has 2 aliphatic rings. The number of piperazine rings is 1. The molecule has 3 heterocycles. The Hall–Kier alpha value is -4.15. The minimum absolute atomic E-state index is 0.0371. The lowest BCUT2D eigenvalue weighted by molar-refractivity contribution is -0.121. The predicted octanol–water partition coefficient (Wildman–Crippen LogP) is 4.11. The van der Waals surface area contributed by atoms with E-state index < -0.39 is 16.1 Å². The van der Waals surface area contributed by atoms with Gasteiger partial charge in [-0.1, -0.05) is 54.1 Å². The second-order valence-corrected chi connectivity index (χ2v) is 12.5. The zero-order valence-electron chi connectivity index (χ0n) is 22.9. The molecule has 9 nitrogen and oxygen atoms in total. The fourth-order valence-electron chi connectivity index (χ4n) is 5.85. The van der Waals surface area contributed by atoms with E-state index in [0.29, 0.717) is 40.9 Å². The summed E-state index contributed by atoms with van der Waals surface area (Å²) in [5.74, 6) is -0.0371. The molecule has 0 unspecified atom stereocenters. The van der Waals surface area contributed by atoms with Crippen molar-refractivity contribution in [3.8, 4) is 0 Å². The third kappa shape index (κ3) is 5.09. The number of fused-ring (bicyclic) bond motifs is 3. The Morgan fingerprint density at radius 2 is 1.68 bits per heavy atom. The molecule has 0 aliphatic carbocycles. The standard InChI is InChI=1S/C31H32N4O5S/c1-22-7-10-25(11-8-22)41(39,40)35-28-14-16-33(31(37)38)20-27(28)26-12-9-24(19-29(26)35)34-18-17-32(21-30(34)36)15-13-23-5-3-2-4-6-23/h2-12,19H,13-18,20-21H2,1H3,(H,37,38). The van der Waals surface area contributed by atoms with Gasteiger partial charge in [-0.25, -0.2) is 17.2 Å². The van der Waals surface area contributed by atoms with Crippen molar-refractivity contribution in [3.63, 3.8) is 0 Å². The molecule has 1 fully saturated rings. The molecule has 1 N–H and O–H groups in total. The summed E-state index contributed by atoms with van der Waals surface area (Å²) in [6, 6.07) is 22.3. The average molecular weight is 573 g/mol. The van der Waals surface area contributed by atoms with Crippen LogP contribution in [0.1, 0.15) is 22.4 Å². The number of carboxylic acid groups (broad SMARTS) is 1. The van der Waals surface area contributed by atoms with Gasteiger partial charge in [0.2, 0.25) is 5.91 Å². The summed E-state index contributed by atoms with van der Waals surface area (Å²) in [5, 5.41) is 10.3. The van der Waals surface area contributed by atoms with E-state index in [1.54, 1.807) is 35.2 Å². The van der Waals surface area contributed by atoms with Crippen LogP contribution in [0.2, 0.25) is 0 Å². The van der Waals surface area contributed by atoms with E-state index in [4.69, 9.17) is 0 Å². The van der Waals surface area contributed by atoms with Gasteiger partial charge < -0.3 is 14.9 Å². The van der Waals surface area contributed by atoms with Crippen LogP contribution in [0.3, 0.4) is 0 Å².